The Morgan fingerprint density at radius 3 is 2.89 bits per heavy atom. The van der Waals surface area contributed by atoms with Gasteiger partial charge >= 0.3 is 0 Å². The van der Waals surface area contributed by atoms with Crippen LogP contribution in [0.1, 0.15) is 10.5 Å². The molecule has 0 aromatic carbocycles. The van der Waals surface area contributed by atoms with Gasteiger partial charge < -0.3 is 9.80 Å². The molecule has 0 bridgehead atoms. The Morgan fingerprint density at radius 1 is 1.37 bits per heavy atom. The van der Waals surface area contributed by atoms with Crippen molar-refractivity contribution in [3.05, 3.63) is 16.6 Å². The molecule has 0 saturated carbocycles. The molecule has 0 aliphatic carbocycles. The Balaban J connectivity index is 1.74. The zero-order valence-electron chi connectivity index (χ0n) is 10.8. The molecule has 1 atom stereocenters. The van der Waals surface area contributed by atoms with Gasteiger partial charge in [-0.15, -0.1) is 11.3 Å². The maximum absolute atomic E-state index is 12.3. The summed E-state index contributed by atoms with van der Waals surface area (Å²) in [6.07, 6.45) is 0. The third kappa shape index (κ3) is 2.23. The van der Waals surface area contributed by atoms with E-state index in [1.807, 2.05) is 7.05 Å². The molecule has 2 fully saturated rings. The second-order valence-electron chi connectivity index (χ2n) is 4.94. The Kier molecular flexibility index (Phi) is 3.24. The van der Waals surface area contributed by atoms with Gasteiger partial charge in [0.2, 0.25) is 5.91 Å². The van der Waals surface area contributed by atoms with Gasteiger partial charge in [0, 0.05) is 45.2 Å². The highest BCUT2D eigenvalue weighted by Gasteiger charge is 2.38. The molecule has 0 unspecified atom stereocenters. The van der Waals surface area contributed by atoms with E-state index in [4.69, 9.17) is 0 Å². The third-order valence-corrected chi connectivity index (χ3v) is 4.40. The molecule has 7 heteroatoms. The summed E-state index contributed by atoms with van der Waals surface area (Å²) < 4.78 is 0. The van der Waals surface area contributed by atoms with Crippen molar-refractivity contribution < 1.29 is 9.59 Å². The van der Waals surface area contributed by atoms with E-state index in [-0.39, 0.29) is 17.9 Å². The van der Waals surface area contributed by atoms with E-state index in [1.165, 1.54) is 11.3 Å². The van der Waals surface area contributed by atoms with Crippen molar-refractivity contribution in [2.24, 2.45) is 0 Å². The topological polar surface area (TPSA) is 56.8 Å². The summed E-state index contributed by atoms with van der Waals surface area (Å²) >= 11 is 1.41. The summed E-state index contributed by atoms with van der Waals surface area (Å²) in [6, 6.07) is -0.185. The Hall–Kier alpha value is -1.47. The molecule has 2 saturated heterocycles. The minimum Gasteiger partial charge on any atom is -0.343 e. The van der Waals surface area contributed by atoms with Crippen LogP contribution in [-0.2, 0) is 4.79 Å². The fourth-order valence-electron chi connectivity index (χ4n) is 2.63. The van der Waals surface area contributed by atoms with Gasteiger partial charge in [-0.3, -0.25) is 14.5 Å². The standard InChI is InChI=1S/C12H16N4O2S/c1-14-2-3-15-4-5-16(6-10(15)12(14)18)11(17)9-7-19-8-13-9/h7-8,10H,2-6H2,1H3/t10-/m1/s1. The molecule has 102 valence electrons. The summed E-state index contributed by atoms with van der Waals surface area (Å²) in [5, 5.41) is 1.75. The van der Waals surface area contributed by atoms with E-state index in [2.05, 4.69) is 9.88 Å². The first-order chi connectivity index (χ1) is 9.16. The van der Waals surface area contributed by atoms with Crippen LogP contribution in [-0.4, -0.2) is 77.3 Å². The number of likely N-dealkylation sites (N-methyl/N-ethyl adjacent to an activating group) is 1. The number of thiazole rings is 1. The Labute approximate surface area is 115 Å². The number of amides is 2. The molecule has 0 spiro atoms. The van der Waals surface area contributed by atoms with Crippen molar-refractivity contribution in [2.45, 2.75) is 6.04 Å². The van der Waals surface area contributed by atoms with E-state index < -0.39 is 0 Å². The lowest BCUT2D eigenvalue weighted by atomic mass is 10.1. The number of rotatable bonds is 1. The van der Waals surface area contributed by atoms with Crippen molar-refractivity contribution in [3.8, 4) is 0 Å². The van der Waals surface area contributed by atoms with Gasteiger partial charge in [-0.1, -0.05) is 0 Å². The first kappa shape index (κ1) is 12.6. The SMILES string of the molecule is CN1CCN2CCN(C(=O)c3cscn3)C[C@@H]2C1=O. The van der Waals surface area contributed by atoms with Crippen LogP contribution in [0, 0.1) is 0 Å². The quantitative estimate of drug-likeness (QED) is 0.711. The van der Waals surface area contributed by atoms with Crippen LogP contribution in [0.2, 0.25) is 0 Å². The van der Waals surface area contributed by atoms with Gasteiger partial charge in [-0.2, -0.15) is 0 Å². The summed E-state index contributed by atoms with van der Waals surface area (Å²) in [5.74, 6) is 0.0453. The molecule has 2 aliphatic rings. The molecule has 1 aromatic heterocycles. The number of nitrogens with zero attached hydrogens (tertiary/aromatic N) is 4. The molecular weight excluding hydrogens is 264 g/mol. The second kappa shape index (κ2) is 4.90. The van der Waals surface area contributed by atoms with E-state index in [0.29, 0.717) is 18.8 Å². The Bertz CT molecular complexity index is 490. The first-order valence-corrected chi connectivity index (χ1v) is 7.27. The predicted molar refractivity (Wildman–Crippen MR) is 71.0 cm³/mol. The molecule has 1 aromatic rings. The van der Waals surface area contributed by atoms with Crippen molar-refractivity contribution in [1.29, 1.82) is 0 Å². The summed E-state index contributed by atoms with van der Waals surface area (Å²) in [5.41, 5.74) is 2.14. The van der Waals surface area contributed by atoms with Crippen LogP contribution in [0.15, 0.2) is 10.9 Å². The smallest absolute Gasteiger partial charge is 0.273 e. The van der Waals surface area contributed by atoms with Gasteiger partial charge in [-0.05, 0) is 0 Å². The van der Waals surface area contributed by atoms with Gasteiger partial charge in [0.15, 0.2) is 0 Å². The fraction of sp³-hybridized carbons (Fsp3) is 0.583. The van der Waals surface area contributed by atoms with Crippen molar-refractivity contribution in [2.75, 3.05) is 39.8 Å². The molecule has 3 rings (SSSR count). The minimum absolute atomic E-state index is 0.0677. The van der Waals surface area contributed by atoms with Crippen LogP contribution in [0.25, 0.3) is 0 Å². The third-order valence-electron chi connectivity index (χ3n) is 3.81. The molecule has 2 aliphatic heterocycles. The van der Waals surface area contributed by atoms with Crippen LogP contribution < -0.4 is 0 Å². The first-order valence-electron chi connectivity index (χ1n) is 6.33. The summed E-state index contributed by atoms with van der Waals surface area (Å²) in [4.78, 5) is 34.1. The van der Waals surface area contributed by atoms with Crippen LogP contribution in [0.3, 0.4) is 0 Å². The molecule has 3 heterocycles. The number of piperazine rings is 2. The molecule has 6 nitrogen and oxygen atoms in total. The van der Waals surface area contributed by atoms with Gasteiger partial charge in [-0.25, -0.2) is 4.98 Å². The van der Waals surface area contributed by atoms with Crippen LogP contribution >= 0.6 is 11.3 Å². The van der Waals surface area contributed by atoms with Crippen molar-refractivity contribution >= 4 is 23.2 Å². The maximum Gasteiger partial charge on any atom is 0.273 e. The van der Waals surface area contributed by atoms with E-state index in [9.17, 15) is 9.59 Å². The zero-order valence-corrected chi connectivity index (χ0v) is 11.6. The van der Waals surface area contributed by atoms with Gasteiger partial charge in [0.05, 0.1) is 5.51 Å². The highest BCUT2D eigenvalue weighted by molar-refractivity contribution is 7.07. The molecule has 2 amide bonds. The van der Waals surface area contributed by atoms with Crippen LogP contribution in [0.5, 0.6) is 0 Å². The second-order valence-corrected chi connectivity index (χ2v) is 5.66. The monoisotopic (exact) mass is 280 g/mol. The van der Waals surface area contributed by atoms with E-state index in [0.717, 1.165) is 19.6 Å². The number of fused-ring (bicyclic) bond motifs is 1. The molecule has 19 heavy (non-hydrogen) atoms. The minimum atomic E-state index is -0.185. The van der Waals surface area contributed by atoms with E-state index in [1.54, 1.807) is 20.7 Å². The predicted octanol–water partition coefficient (Wildman–Crippen LogP) is -0.259. The number of hydrogen-bond acceptors (Lipinski definition) is 5. The molecule has 0 radical (unpaired) electrons. The zero-order chi connectivity index (χ0) is 13.4. The highest BCUT2D eigenvalue weighted by Crippen LogP contribution is 2.17. The Morgan fingerprint density at radius 2 is 2.16 bits per heavy atom. The average molecular weight is 280 g/mol. The lowest BCUT2D eigenvalue weighted by Gasteiger charge is -2.45. The number of carbonyl (C=O) groups excluding carboxylic acids is 2. The van der Waals surface area contributed by atoms with Crippen molar-refractivity contribution in [1.82, 2.24) is 19.7 Å². The van der Waals surface area contributed by atoms with Crippen LogP contribution in [0.4, 0.5) is 0 Å². The molecular formula is C12H16N4O2S. The lowest BCUT2D eigenvalue weighted by molar-refractivity contribution is -0.142. The fourth-order valence-corrected chi connectivity index (χ4v) is 3.16. The summed E-state index contributed by atoms with van der Waals surface area (Å²) in [6.45, 7) is 3.57. The maximum atomic E-state index is 12.3. The lowest BCUT2D eigenvalue weighted by Crippen LogP contribution is -2.64. The normalized spacial score (nSPS) is 24.5. The van der Waals surface area contributed by atoms with Crippen molar-refractivity contribution in [3.63, 3.8) is 0 Å². The summed E-state index contributed by atoms with van der Waals surface area (Å²) in [7, 11) is 1.82. The largest absolute Gasteiger partial charge is 0.343 e. The highest BCUT2D eigenvalue weighted by atomic mass is 32.1. The molecule has 0 N–H and O–H groups in total. The number of hydrogen-bond donors (Lipinski definition) is 0. The van der Waals surface area contributed by atoms with E-state index >= 15 is 0 Å². The number of aromatic nitrogens is 1. The average Bonchev–Trinajstić information content (AvgIpc) is 2.96. The van der Waals surface area contributed by atoms with Gasteiger partial charge in [0.1, 0.15) is 11.7 Å². The number of carbonyl (C=O) groups is 2. The van der Waals surface area contributed by atoms with Gasteiger partial charge in [0.25, 0.3) is 5.91 Å².